The number of methoxy groups -OCH3 is 1. The molecule has 1 aromatic rings. The van der Waals surface area contributed by atoms with E-state index in [2.05, 4.69) is 11.1 Å². The van der Waals surface area contributed by atoms with Gasteiger partial charge in [0.25, 0.3) is 0 Å². The van der Waals surface area contributed by atoms with E-state index in [1.807, 2.05) is 12.3 Å². The Kier molecular flexibility index (Phi) is 2.09. The zero-order chi connectivity index (χ0) is 8.39. The van der Waals surface area contributed by atoms with Crippen LogP contribution in [-0.2, 0) is 17.6 Å². The number of nitrogens with zero attached hydrogens (tertiary/aromatic N) is 1. The second-order valence-corrected chi connectivity index (χ2v) is 3.21. The second-order valence-electron chi connectivity index (χ2n) is 3.21. The molecule has 0 saturated heterocycles. The maximum absolute atomic E-state index is 5.32. The normalized spacial score (nSPS) is 21.9. The molecule has 0 spiro atoms. The first-order chi connectivity index (χ1) is 5.90. The van der Waals surface area contributed by atoms with Gasteiger partial charge in [-0.1, -0.05) is 6.07 Å². The molecule has 1 aliphatic carbocycles. The van der Waals surface area contributed by atoms with E-state index in [4.69, 9.17) is 4.74 Å². The number of rotatable bonds is 1. The summed E-state index contributed by atoms with van der Waals surface area (Å²) < 4.78 is 5.32. The first kappa shape index (κ1) is 7.74. The average molecular weight is 163 g/mol. The summed E-state index contributed by atoms with van der Waals surface area (Å²) in [4.78, 5) is 4.33. The van der Waals surface area contributed by atoms with Crippen LogP contribution in [0.15, 0.2) is 18.3 Å². The Morgan fingerprint density at radius 1 is 1.58 bits per heavy atom. The van der Waals surface area contributed by atoms with Crippen molar-refractivity contribution in [3.63, 3.8) is 0 Å². The molecule has 0 aliphatic heterocycles. The fourth-order valence-corrected chi connectivity index (χ4v) is 1.73. The molecular formula is C10H13NO. The lowest BCUT2D eigenvalue weighted by Gasteiger charge is -2.22. The maximum atomic E-state index is 5.32. The molecule has 1 heterocycles. The fraction of sp³-hybridized carbons (Fsp3) is 0.500. The lowest BCUT2D eigenvalue weighted by molar-refractivity contribution is 0.0905. The van der Waals surface area contributed by atoms with Gasteiger partial charge in [0.2, 0.25) is 0 Å². The van der Waals surface area contributed by atoms with Crippen molar-refractivity contribution in [3.8, 4) is 0 Å². The fourth-order valence-electron chi connectivity index (χ4n) is 1.73. The van der Waals surface area contributed by atoms with Crippen LogP contribution in [-0.4, -0.2) is 18.2 Å². The molecule has 0 unspecified atom stereocenters. The number of aryl methyl sites for hydroxylation is 1. The molecular weight excluding hydrogens is 150 g/mol. The van der Waals surface area contributed by atoms with Gasteiger partial charge < -0.3 is 4.74 Å². The zero-order valence-corrected chi connectivity index (χ0v) is 7.29. The van der Waals surface area contributed by atoms with Crippen LogP contribution in [0.4, 0.5) is 0 Å². The van der Waals surface area contributed by atoms with Gasteiger partial charge >= 0.3 is 0 Å². The third kappa shape index (κ3) is 1.34. The van der Waals surface area contributed by atoms with Crippen LogP contribution in [0.25, 0.3) is 0 Å². The Balaban J connectivity index is 2.23. The molecule has 1 aromatic heterocycles. The first-order valence-electron chi connectivity index (χ1n) is 4.35. The number of aromatic nitrogens is 1. The van der Waals surface area contributed by atoms with E-state index in [1.54, 1.807) is 7.11 Å². The molecule has 0 bridgehead atoms. The van der Waals surface area contributed by atoms with Crippen molar-refractivity contribution in [1.82, 2.24) is 4.98 Å². The predicted octanol–water partition coefficient (Wildman–Crippen LogP) is 1.59. The minimum Gasteiger partial charge on any atom is -0.381 e. The summed E-state index contributed by atoms with van der Waals surface area (Å²) in [7, 11) is 1.78. The SMILES string of the molecule is CO[C@H]1CCc2ncccc2C1. The van der Waals surface area contributed by atoms with Crippen molar-refractivity contribution in [3.05, 3.63) is 29.6 Å². The summed E-state index contributed by atoms with van der Waals surface area (Å²) >= 11 is 0. The van der Waals surface area contributed by atoms with Gasteiger partial charge in [-0.25, -0.2) is 0 Å². The molecule has 64 valence electrons. The topological polar surface area (TPSA) is 22.1 Å². The molecule has 0 amide bonds. The van der Waals surface area contributed by atoms with Crippen LogP contribution >= 0.6 is 0 Å². The second kappa shape index (κ2) is 3.23. The quantitative estimate of drug-likeness (QED) is 0.627. The maximum Gasteiger partial charge on any atom is 0.0616 e. The zero-order valence-electron chi connectivity index (χ0n) is 7.29. The average Bonchev–Trinajstić information content (AvgIpc) is 2.17. The Bertz CT molecular complexity index is 272. The molecule has 1 atom stereocenters. The number of fused-ring (bicyclic) bond motifs is 1. The van der Waals surface area contributed by atoms with Gasteiger partial charge in [0, 0.05) is 25.4 Å². The third-order valence-electron chi connectivity index (χ3n) is 2.47. The van der Waals surface area contributed by atoms with Gasteiger partial charge in [-0.15, -0.1) is 0 Å². The van der Waals surface area contributed by atoms with Crippen LogP contribution in [0.1, 0.15) is 17.7 Å². The molecule has 1 aliphatic rings. The van der Waals surface area contributed by atoms with Gasteiger partial charge in [0.05, 0.1) is 6.10 Å². The van der Waals surface area contributed by atoms with Crippen LogP contribution in [0.5, 0.6) is 0 Å². The number of hydrogen-bond donors (Lipinski definition) is 0. The highest BCUT2D eigenvalue weighted by Gasteiger charge is 2.17. The monoisotopic (exact) mass is 163 g/mol. The van der Waals surface area contributed by atoms with Crippen LogP contribution in [0, 0.1) is 0 Å². The van der Waals surface area contributed by atoms with Crippen molar-refractivity contribution in [2.75, 3.05) is 7.11 Å². The van der Waals surface area contributed by atoms with Crippen LogP contribution < -0.4 is 0 Å². The number of hydrogen-bond acceptors (Lipinski definition) is 2. The summed E-state index contributed by atoms with van der Waals surface area (Å²) in [6.45, 7) is 0. The molecule has 0 N–H and O–H groups in total. The first-order valence-corrected chi connectivity index (χ1v) is 4.35. The highest BCUT2D eigenvalue weighted by molar-refractivity contribution is 5.23. The smallest absolute Gasteiger partial charge is 0.0616 e. The molecule has 2 nitrogen and oxygen atoms in total. The molecule has 2 rings (SSSR count). The Labute approximate surface area is 72.6 Å². The summed E-state index contributed by atoms with van der Waals surface area (Å²) in [5.74, 6) is 0. The lowest BCUT2D eigenvalue weighted by Crippen LogP contribution is -2.21. The molecule has 0 radical (unpaired) electrons. The van der Waals surface area contributed by atoms with E-state index in [-0.39, 0.29) is 0 Å². The van der Waals surface area contributed by atoms with Crippen LogP contribution in [0.3, 0.4) is 0 Å². The Morgan fingerprint density at radius 2 is 2.50 bits per heavy atom. The highest BCUT2D eigenvalue weighted by atomic mass is 16.5. The van der Waals surface area contributed by atoms with E-state index < -0.39 is 0 Å². The lowest BCUT2D eigenvalue weighted by atomic mass is 9.94. The standard InChI is InChI=1S/C10H13NO/c1-12-9-4-5-10-8(7-9)3-2-6-11-10/h2-3,6,9H,4-5,7H2,1H3/t9-/m0/s1. The van der Waals surface area contributed by atoms with E-state index >= 15 is 0 Å². The molecule has 12 heavy (non-hydrogen) atoms. The van der Waals surface area contributed by atoms with E-state index in [1.165, 1.54) is 11.3 Å². The van der Waals surface area contributed by atoms with E-state index in [0.29, 0.717) is 6.10 Å². The van der Waals surface area contributed by atoms with E-state index in [9.17, 15) is 0 Å². The minimum atomic E-state index is 0.404. The summed E-state index contributed by atoms with van der Waals surface area (Å²) in [5, 5.41) is 0. The summed E-state index contributed by atoms with van der Waals surface area (Å²) in [6, 6.07) is 4.14. The Hall–Kier alpha value is -0.890. The highest BCUT2D eigenvalue weighted by Crippen LogP contribution is 2.20. The largest absolute Gasteiger partial charge is 0.381 e. The van der Waals surface area contributed by atoms with Gasteiger partial charge in [0.1, 0.15) is 0 Å². The van der Waals surface area contributed by atoms with Crippen molar-refractivity contribution in [1.29, 1.82) is 0 Å². The summed E-state index contributed by atoms with van der Waals surface area (Å²) in [6.07, 6.45) is 5.47. The van der Waals surface area contributed by atoms with Gasteiger partial charge in [-0.2, -0.15) is 0 Å². The Morgan fingerprint density at radius 3 is 3.33 bits per heavy atom. The van der Waals surface area contributed by atoms with Gasteiger partial charge in [-0.3, -0.25) is 4.98 Å². The third-order valence-corrected chi connectivity index (χ3v) is 2.47. The van der Waals surface area contributed by atoms with Crippen LogP contribution in [0.2, 0.25) is 0 Å². The molecule has 0 saturated carbocycles. The van der Waals surface area contributed by atoms with Gasteiger partial charge in [0.15, 0.2) is 0 Å². The van der Waals surface area contributed by atoms with E-state index in [0.717, 1.165) is 19.3 Å². The number of ether oxygens (including phenoxy) is 1. The van der Waals surface area contributed by atoms with Crippen molar-refractivity contribution in [2.45, 2.75) is 25.4 Å². The van der Waals surface area contributed by atoms with Crippen molar-refractivity contribution < 1.29 is 4.74 Å². The van der Waals surface area contributed by atoms with Crippen molar-refractivity contribution in [2.24, 2.45) is 0 Å². The number of pyridine rings is 1. The molecule has 2 heteroatoms. The van der Waals surface area contributed by atoms with Crippen molar-refractivity contribution >= 4 is 0 Å². The minimum absolute atomic E-state index is 0.404. The molecule has 0 fully saturated rings. The summed E-state index contributed by atoms with van der Waals surface area (Å²) in [5.41, 5.74) is 2.61. The van der Waals surface area contributed by atoms with Gasteiger partial charge in [-0.05, 0) is 24.5 Å². The molecule has 0 aromatic carbocycles. The predicted molar refractivity (Wildman–Crippen MR) is 47.1 cm³/mol.